The highest BCUT2D eigenvalue weighted by Crippen LogP contribution is 2.39. The van der Waals surface area contributed by atoms with Crippen LogP contribution in [0, 0.1) is 0 Å². The van der Waals surface area contributed by atoms with Crippen LogP contribution in [0.25, 0.3) is 0 Å². The summed E-state index contributed by atoms with van der Waals surface area (Å²) in [5, 5.41) is 3.25. The lowest BCUT2D eigenvalue weighted by atomic mass is 10.3. The molecule has 104 valence electrons. The number of hydrogen-bond donors (Lipinski definition) is 2. The quantitative estimate of drug-likeness (QED) is 0.895. The zero-order chi connectivity index (χ0) is 14.1. The van der Waals surface area contributed by atoms with Crippen molar-refractivity contribution in [3.63, 3.8) is 0 Å². The van der Waals surface area contributed by atoms with Crippen molar-refractivity contribution in [1.29, 1.82) is 0 Å². The third kappa shape index (κ3) is 2.85. The Hall–Kier alpha value is -1.82. The van der Waals surface area contributed by atoms with Crippen molar-refractivity contribution in [3.05, 3.63) is 34.6 Å². The molecule has 0 bridgehead atoms. The number of nitrogens with two attached hydrogens (primary N) is 1. The van der Waals surface area contributed by atoms with Gasteiger partial charge in [-0.05, 0) is 40.9 Å². The average molecular weight is 335 g/mol. The lowest BCUT2D eigenvalue weighted by molar-refractivity contribution is 0.415. The van der Waals surface area contributed by atoms with E-state index >= 15 is 0 Å². The number of nitrogens with zero attached hydrogens (tertiary/aromatic N) is 2. The Balaban J connectivity index is 1.90. The van der Waals surface area contributed by atoms with Crippen molar-refractivity contribution in [1.82, 2.24) is 9.97 Å². The summed E-state index contributed by atoms with van der Waals surface area (Å²) in [6.45, 7) is 0. The smallest absolute Gasteiger partial charge is 0.136 e. The highest BCUT2D eigenvalue weighted by Gasteiger charge is 2.27. The Morgan fingerprint density at radius 3 is 2.80 bits per heavy atom. The van der Waals surface area contributed by atoms with Crippen LogP contribution >= 0.6 is 15.9 Å². The van der Waals surface area contributed by atoms with Crippen molar-refractivity contribution < 1.29 is 4.74 Å². The lowest BCUT2D eigenvalue weighted by Crippen LogP contribution is -2.03. The first-order valence-electron chi connectivity index (χ1n) is 6.41. The maximum atomic E-state index is 5.85. The van der Waals surface area contributed by atoms with Gasteiger partial charge in [-0.25, -0.2) is 9.97 Å². The van der Waals surface area contributed by atoms with Crippen molar-refractivity contribution >= 4 is 33.3 Å². The maximum absolute atomic E-state index is 5.85. The van der Waals surface area contributed by atoms with Crippen LogP contribution in [0.5, 0.6) is 5.75 Å². The molecule has 1 aliphatic rings. The second-order valence-electron chi connectivity index (χ2n) is 4.78. The van der Waals surface area contributed by atoms with Crippen molar-refractivity contribution in [2.75, 3.05) is 18.2 Å². The van der Waals surface area contributed by atoms with Gasteiger partial charge in [0.15, 0.2) is 0 Å². The molecule has 1 aromatic carbocycles. The number of anilines is 3. The number of rotatable bonds is 4. The summed E-state index contributed by atoms with van der Waals surface area (Å²) >= 11 is 3.50. The first-order chi connectivity index (χ1) is 9.65. The van der Waals surface area contributed by atoms with Crippen LogP contribution in [-0.4, -0.2) is 17.1 Å². The Morgan fingerprint density at radius 2 is 2.10 bits per heavy atom. The molecule has 0 saturated heterocycles. The van der Waals surface area contributed by atoms with E-state index in [2.05, 4.69) is 31.2 Å². The molecule has 2 aromatic rings. The zero-order valence-corrected chi connectivity index (χ0v) is 12.6. The Labute approximate surface area is 125 Å². The second-order valence-corrected chi connectivity index (χ2v) is 5.64. The topological polar surface area (TPSA) is 73.1 Å². The van der Waals surface area contributed by atoms with E-state index in [0.29, 0.717) is 17.6 Å². The van der Waals surface area contributed by atoms with Crippen molar-refractivity contribution in [2.45, 2.75) is 18.8 Å². The SMILES string of the molecule is COc1ccc(Br)c(Nc2cc(N)nc(C3CC3)n2)c1. The Kier molecular flexibility index (Phi) is 3.48. The highest BCUT2D eigenvalue weighted by molar-refractivity contribution is 9.10. The van der Waals surface area contributed by atoms with Gasteiger partial charge in [0.05, 0.1) is 12.8 Å². The summed E-state index contributed by atoms with van der Waals surface area (Å²) in [6.07, 6.45) is 2.29. The van der Waals surface area contributed by atoms with Gasteiger partial charge in [0, 0.05) is 22.5 Å². The fourth-order valence-electron chi connectivity index (χ4n) is 1.94. The average Bonchev–Trinajstić information content (AvgIpc) is 3.25. The van der Waals surface area contributed by atoms with E-state index in [9.17, 15) is 0 Å². The zero-order valence-electron chi connectivity index (χ0n) is 11.1. The normalized spacial score (nSPS) is 14.1. The molecule has 0 aliphatic heterocycles. The minimum absolute atomic E-state index is 0.466. The molecule has 6 heteroatoms. The molecule has 1 heterocycles. The number of nitrogens with one attached hydrogen (secondary N) is 1. The summed E-state index contributed by atoms with van der Waals surface area (Å²) in [5.41, 5.74) is 6.72. The number of nitrogen functional groups attached to an aromatic ring is 1. The summed E-state index contributed by atoms with van der Waals surface area (Å²) < 4.78 is 6.16. The molecule has 3 rings (SSSR count). The van der Waals surface area contributed by atoms with Crippen LogP contribution in [0.3, 0.4) is 0 Å². The number of halogens is 1. The van der Waals surface area contributed by atoms with Gasteiger partial charge >= 0.3 is 0 Å². The van der Waals surface area contributed by atoms with Gasteiger partial charge in [-0.3, -0.25) is 0 Å². The van der Waals surface area contributed by atoms with Gasteiger partial charge in [0.2, 0.25) is 0 Å². The van der Waals surface area contributed by atoms with Crippen LogP contribution in [0.4, 0.5) is 17.3 Å². The first kappa shape index (κ1) is 13.2. The molecule has 0 radical (unpaired) electrons. The van der Waals surface area contributed by atoms with Crippen LogP contribution in [0.2, 0.25) is 0 Å². The number of benzene rings is 1. The van der Waals surface area contributed by atoms with Gasteiger partial charge in [-0.15, -0.1) is 0 Å². The third-order valence-electron chi connectivity index (χ3n) is 3.14. The van der Waals surface area contributed by atoms with E-state index in [0.717, 1.165) is 34.6 Å². The summed E-state index contributed by atoms with van der Waals surface area (Å²) in [5.74, 6) is 3.26. The van der Waals surface area contributed by atoms with Gasteiger partial charge in [-0.2, -0.15) is 0 Å². The number of ether oxygens (including phenoxy) is 1. The van der Waals surface area contributed by atoms with Gasteiger partial charge in [-0.1, -0.05) is 0 Å². The minimum Gasteiger partial charge on any atom is -0.497 e. The number of hydrogen-bond acceptors (Lipinski definition) is 5. The van der Waals surface area contributed by atoms with E-state index < -0.39 is 0 Å². The Morgan fingerprint density at radius 1 is 1.30 bits per heavy atom. The molecule has 3 N–H and O–H groups in total. The molecule has 0 spiro atoms. The predicted molar refractivity (Wildman–Crippen MR) is 82.4 cm³/mol. The molecule has 0 amide bonds. The summed E-state index contributed by atoms with van der Waals surface area (Å²) in [7, 11) is 1.64. The summed E-state index contributed by atoms with van der Waals surface area (Å²) in [6, 6.07) is 7.45. The van der Waals surface area contributed by atoms with E-state index in [1.165, 1.54) is 0 Å². The molecular formula is C14H15BrN4O. The molecule has 20 heavy (non-hydrogen) atoms. The number of methoxy groups -OCH3 is 1. The monoisotopic (exact) mass is 334 g/mol. The lowest BCUT2D eigenvalue weighted by Gasteiger charge is -2.11. The molecule has 1 aliphatic carbocycles. The predicted octanol–water partition coefficient (Wildman–Crippen LogP) is 3.45. The van der Waals surface area contributed by atoms with Gasteiger partial charge in [0.25, 0.3) is 0 Å². The van der Waals surface area contributed by atoms with E-state index in [-0.39, 0.29) is 0 Å². The van der Waals surface area contributed by atoms with Crippen molar-refractivity contribution in [2.24, 2.45) is 0 Å². The van der Waals surface area contributed by atoms with E-state index in [1.54, 1.807) is 13.2 Å². The second kappa shape index (κ2) is 5.28. The molecule has 0 unspecified atom stereocenters. The minimum atomic E-state index is 0.466. The van der Waals surface area contributed by atoms with E-state index in [1.807, 2.05) is 18.2 Å². The molecule has 5 nitrogen and oxygen atoms in total. The van der Waals surface area contributed by atoms with Crippen LogP contribution in [0.15, 0.2) is 28.7 Å². The maximum Gasteiger partial charge on any atom is 0.136 e. The van der Waals surface area contributed by atoms with Crippen LogP contribution in [-0.2, 0) is 0 Å². The fourth-order valence-corrected chi connectivity index (χ4v) is 2.28. The molecular weight excluding hydrogens is 320 g/mol. The molecule has 1 saturated carbocycles. The Bertz CT molecular complexity index is 643. The fraction of sp³-hybridized carbons (Fsp3) is 0.286. The molecule has 1 fully saturated rings. The molecule has 0 atom stereocenters. The van der Waals surface area contributed by atoms with Gasteiger partial charge < -0.3 is 15.8 Å². The third-order valence-corrected chi connectivity index (χ3v) is 3.83. The largest absolute Gasteiger partial charge is 0.497 e. The standard InChI is InChI=1S/C14H15BrN4O/c1-20-9-4-5-10(15)11(6-9)17-13-7-12(16)18-14(19-13)8-2-3-8/h4-8H,2-3H2,1H3,(H3,16,17,18,19). The van der Waals surface area contributed by atoms with E-state index in [4.69, 9.17) is 10.5 Å². The first-order valence-corrected chi connectivity index (χ1v) is 7.20. The molecule has 1 aromatic heterocycles. The van der Waals surface area contributed by atoms with Crippen LogP contribution in [0.1, 0.15) is 24.6 Å². The van der Waals surface area contributed by atoms with Gasteiger partial charge in [0.1, 0.15) is 23.2 Å². The van der Waals surface area contributed by atoms with Crippen LogP contribution < -0.4 is 15.8 Å². The number of aromatic nitrogens is 2. The summed E-state index contributed by atoms with van der Waals surface area (Å²) in [4.78, 5) is 8.81. The highest BCUT2D eigenvalue weighted by atomic mass is 79.9. The van der Waals surface area contributed by atoms with Crippen molar-refractivity contribution in [3.8, 4) is 5.75 Å².